The van der Waals surface area contributed by atoms with Crippen molar-refractivity contribution in [1.29, 1.82) is 0 Å². The van der Waals surface area contributed by atoms with Gasteiger partial charge >= 0.3 is 12.0 Å². The minimum absolute atomic E-state index is 0.106. The molecule has 0 heterocycles. The Hall–Kier alpha value is -1.30. The van der Waals surface area contributed by atoms with E-state index in [4.69, 9.17) is 9.84 Å². The van der Waals surface area contributed by atoms with Crippen LogP contribution in [0, 0.1) is 5.92 Å². The molecule has 116 valence electrons. The van der Waals surface area contributed by atoms with E-state index in [1.54, 1.807) is 12.0 Å². The number of nitrogens with zero attached hydrogens (tertiary/aromatic N) is 1. The first-order chi connectivity index (χ1) is 9.51. The average molecular weight is 286 g/mol. The molecule has 0 saturated heterocycles. The van der Waals surface area contributed by atoms with Crippen LogP contribution in [0.2, 0.25) is 0 Å². The van der Waals surface area contributed by atoms with Crippen LogP contribution in [-0.4, -0.2) is 54.4 Å². The molecule has 1 aliphatic rings. The highest BCUT2D eigenvalue weighted by atomic mass is 16.5. The van der Waals surface area contributed by atoms with E-state index in [0.717, 1.165) is 19.3 Å². The molecule has 0 aromatic carbocycles. The number of methoxy groups -OCH3 is 1. The number of ether oxygens (including phenoxy) is 1. The van der Waals surface area contributed by atoms with Gasteiger partial charge in [0.15, 0.2) is 0 Å². The number of amides is 2. The van der Waals surface area contributed by atoms with E-state index in [-0.39, 0.29) is 18.1 Å². The number of urea groups is 1. The first-order valence-corrected chi connectivity index (χ1v) is 7.30. The van der Waals surface area contributed by atoms with Crippen molar-refractivity contribution >= 4 is 12.0 Å². The van der Waals surface area contributed by atoms with E-state index in [2.05, 4.69) is 5.32 Å². The zero-order chi connectivity index (χ0) is 15.1. The van der Waals surface area contributed by atoms with Gasteiger partial charge in [0.1, 0.15) is 0 Å². The zero-order valence-corrected chi connectivity index (χ0v) is 12.6. The van der Waals surface area contributed by atoms with Crippen molar-refractivity contribution in [3.8, 4) is 0 Å². The number of carbonyl (C=O) groups excluding carboxylic acids is 1. The molecule has 6 nitrogen and oxygen atoms in total. The smallest absolute Gasteiger partial charge is 0.317 e. The Balaban J connectivity index is 2.62. The van der Waals surface area contributed by atoms with Gasteiger partial charge in [0.25, 0.3) is 0 Å². The summed E-state index contributed by atoms with van der Waals surface area (Å²) in [4.78, 5) is 25.2. The Bertz CT molecular complexity index is 335. The van der Waals surface area contributed by atoms with Crippen LogP contribution in [0.3, 0.4) is 0 Å². The minimum atomic E-state index is -0.820. The molecule has 0 radical (unpaired) electrons. The van der Waals surface area contributed by atoms with E-state index in [9.17, 15) is 9.59 Å². The van der Waals surface area contributed by atoms with Gasteiger partial charge in [-0.2, -0.15) is 0 Å². The molecule has 1 saturated carbocycles. The van der Waals surface area contributed by atoms with Crippen LogP contribution in [0.4, 0.5) is 4.79 Å². The molecule has 0 aromatic heterocycles. The number of hydrogen-bond acceptors (Lipinski definition) is 3. The molecule has 1 aliphatic carbocycles. The quantitative estimate of drug-likeness (QED) is 0.746. The molecule has 3 unspecified atom stereocenters. The number of carboxylic acid groups (broad SMARTS) is 1. The number of rotatable bonds is 7. The summed E-state index contributed by atoms with van der Waals surface area (Å²) in [5.41, 5.74) is 0. The molecule has 0 spiro atoms. The molecule has 1 rings (SSSR count). The fourth-order valence-electron chi connectivity index (χ4n) is 2.60. The Morgan fingerprint density at radius 1 is 1.45 bits per heavy atom. The van der Waals surface area contributed by atoms with Gasteiger partial charge in [0.05, 0.1) is 12.5 Å². The Morgan fingerprint density at radius 3 is 2.70 bits per heavy atom. The minimum Gasteiger partial charge on any atom is -0.481 e. The summed E-state index contributed by atoms with van der Waals surface area (Å²) in [7, 11) is 1.60. The molecule has 0 bridgehead atoms. The zero-order valence-electron chi connectivity index (χ0n) is 12.6. The highest BCUT2D eigenvalue weighted by Crippen LogP contribution is 2.26. The van der Waals surface area contributed by atoms with E-state index in [1.807, 2.05) is 13.8 Å². The molecule has 0 aliphatic heterocycles. The number of carboxylic acids is 1. The number of aliphatic carboxylic acids is 1. The van der Waals surface area contributed by atoms with Crippen LogP contribution in [0.1, 0.15) is 39.5 Å². The third-order valence-electron chi connectivity index (χ3n) is 4.06. The van der Waals surface area contributed by atoms with Crippen LogP contribution in [0.5, 0.6) is 0 Å². The predicted molar refractivity (Wildman–Crippen MR) is 75.6 cm³/mol. The fraction of sp³-hybridized carbons (Fsp3) is 0.857. The molecular formula is C14H26N2O4. The Morgan fingerprint density at radius 2 is 2.15 bits per heavy atom. The van der Waals surface area contributed by atoms with Gasteiger partial charge in [-0.15, -0.1) is 0 Å². The van der Waals surface area contributed by atoms with Crippen molar-refractivity contribution in [2.45, 2.75) is 51.6 Å². The lowest BCUT2D eigenvalue weighted by molar-refractivity contribution is -0.142. The maximum atomic E-state index is 12.3. The van der Waals surface area contributed by atoms with Gasteiger partial charge in [-0.1, -0.05) is 13.3 Å². The lowest BCUT2D eigenvalue weighted by atomic mass is 10.0. The van der Waals surface area contributed by atoms with Crippen LogP contribution in [0.15, 0.2) is 0 Å². The van der Waals surface area contributed by atoms with E-state index in [1.165, 1.54) is 0 Å². The van der Waals surface area contributed by atoms with Crippen molar-refractivity contribution in [2.24, 2.45) is 5.92 Å². The summed E-state index contributed by atoms with van der Waals surface area (Å²) in [5, 5.41) is 12.0. The van der Waals surface area contributed by atoms with Crippen LogP contribution >= 0.6 is 0 Å². The van der Waals surface area contributed by atoms with Crippen molar-refractivity contribution in [3.63, 3.8) is 0 Å². The SMILES string of the molecule is CCC(C)N(CCOC)C(=O)NC1CCCC1C(=O)O. The molecule has 2 N–H and O–H groups in total. The fourth-order valence-corrected chi connectivity index (χ4v) is 2.60. The van der Waals surface area contributed by atoms with Gasteiger partial charge < -0.3 is 20.1 Å². The van der Waals surface area contributed by atoms with Gasteiger partial charge in [-0.3, -0.25) is 4.79 Å². The summed E-state index contributed by atoms with van der Waals surface area (Å²) in [5.74, 6) is -1.28. The van der Waals surface area contributed by atoms with Gasteiger partial charge in [0.2, 0.25) is 0 Å². The molecular weight excluding hydrogens is 260 g/mol. The highest BCUT2D eigenvalue weighted by molar-refractivity contribution is 5.77. The van der Waals surface area contributed by atoms with E-state index >= 15 is 0 Å². The normalized spacial score (nSPS) is 23.4. The largest absolute Gasteiger partial charge is 0.481 e. The Labute approximate surface area is 120 Å². The van der Waals surface area contributed by atoms with Gasteiger partial charge in [-0.25, -0.2) is 4.79 Å². The summed E-state index contributed by atoms with van der Waals surface area (Å²) >= 11 is 0. The van der Waals surface area contributed by atoms with Crippen LogP contribution in [0.25, 0.3) is 0 Å². The lowest BCUT2D eigenvalue weighted by Gasteiger charge is -2.30. The third kappa shape index (κ3) is 4.37. The second-order valence-corrected chi connectivity index (χ2v) is 5.38. The second kappa shape index (κ2) is 8.09. The van der Waals surface area contributed by atoms with Crippen molar-refractivity contribution < 1.29 is 19.4 Å². The number of carbonyl (C=O) groups is 2. The van der Waals surface area contributed by atoms with E-state index < -0.39 is 11.9 Å². The first kappa shape index (κ1) is 16.8. The standard InChI is InChI=1S/C14H26N2O4/c1-4-10(2)16(8-9-20-3)14(19)15-12-7-5-6-11(12)13(17)18/h10-12H,4-9H2,1-3H3,(H,15,19)(H,17,18). The molecule has 6 heteroatoms. The van der Waals surface area contributed by atoms with Gasteiger partial charge in [0, 0.05) is 25.7 Å². The van der Waals surface area contributed by atoms with Crippen LogP contribution in [-0.2, 0) is 9.53 Å². The molecule has 1 fully saturated rings. The first-order valence-electron chi connectivity index (χ1n) is 7.30. The lowest BCUT2D eigenvalue weighted by Crippen LogP contribution is -2.51. The summed E-state index contributed by atoms with van der Waals surface area (Å²) in [6, 6.07) is -0.335. The number of hydrogen-bond donors (Lipinski definition) is 2. The molecule has 2 amide bonds. The summed E-state index contributed by atoms with van der Waals surface area (Å²) in [6.07, 6.45) is 3.08. The molecule has 20 heavy (non-hydrogen) atoms. The number of nitrogens with one attached hydrogen (secondary N) is 1. The van der Waals surface area contributed by atoms with E-state index in [0.29, 0.717) is 19.6 Å². The molecule has 0 aromatic rings. The monoisotopic (exact) mass is 286 g/mol. The van der Waals surface area contributed by atoms with Crippen molar-refractivity contribution in [1.82, 2.24) is 10.2 Å². The van der Waals surface area contributed by atoms with Crippen molar-refractivity contribution in [3.05, 3.63) is 0 Å². The second-order valence-electron chi connectivity index (χ2n) is 5.38. The van der Waals surface area contributed by atoms with Crippen LogP contribution < -0.4 is 5.32 Å². The maximum absolute atomic E-state index is 12.3. The maximum Gasteiger partial charge on any atom is 0.317 e. The summed E-state index contributed by atoms with van der Waals surface area (Å²) in [6.45, 7) is 5.00. The average Bonchev–Trinajstić information content (AvgIpc) is 2.87. The Kier molecular flexibility index (Phi) is 6.78. The van der Waals surface area contributed by atoms with Crippen molar-refractivity contribution in [2.75, 3.05) is 20.3 Å². The topological polar surface area (TPSA) is 78.9 Å². The highest BCUT2D eigenvalue weighted by Gasteiger charge is 2.35. The third-order valence-corrected chi connectivity index (χ3v) is 4.06. The summed E-state index contributed by atoms with van der Waals surface area (Å²) < 4.78 is 5.03. The predicted octanol–water partition coefficient (Wildman–Crippen LogP) is 1.70. The van der Waals surface area contributed by atoms with Gasteiger partial charge in [-0.05, 0) is 26.2 Å². The molecule has 3 atom stereocenters.